The number of ether oxygens (including phenoxy) is 1. The Kier molecular flexibility index (Phi) is 4.80. The fourth-order valence-corrected chi connectivity index (χ4v) is 2.52. The first-order valence-electron chi connectivity index (χ1n) is 6.88. The average molecular weight is 262 g/mol. The highest BCUT2D eigenvalue weighted by Crippen LogP contribution is 2.21. The Morgan fingerprint density at radius 3 is 2.79 bits per heavy atom. The molecule has 1 amide bonds. The Hall–Kier alpha value is -1.55. The topological polar surface area (TPSA) is 55.6 Å². The van der Waals surface area contributed by atoms with E-state index in [0.29, 0.717) is 12.6 Å². The van der Waals surface area contributed by atoms with Gasteiger partial charge in [-0.3, -0.25) is 9.69 Å². The number of carbonyl (C=O) groups is 1. The maximum absolute atomic E-state index is 11.3. The number of carbonyl (C=O) groups excluding carboxylic acids is 1. The van der Waals surface area contributed by atoms with E-state index in [0.717, 1.165) is 31.7 Å². The van der Waals surface area contributed by atoms with E-state index in [1.807, 2.05) is 30.3 Å². The number of hydrogen-bond acceptors (Lipinski definition) is 3. The summed E-state index contributed by atoms with van der Waals surface area (Å²) in [6.45, 7) is 4.42. The highest BCUT2D eigenvalue weighted by atomic mass is 16.5. The fraction of sp³-hybridized carbons (Fsp3) is 0.533. The van der Waals surface area contributed by atoms with Gasteiger partial charge in [-0.2, -0.15) is 0 Å². The van der Waals surface area contributed by atoms with Gasteiger partial charge in [-0.05, 0) is 31.9 Å². The highest BCUT2D eigenvalue weighted by Gasteiger charge is 2.28. The lowest BCUT2D eigenvalue weighted by Gasteiger charge is -2.36. The van der Waals surface area contributed by atoms with Gasteiger partial charge in [0, 0.05) is 19.1 Å². The predicted molar refractivity (Wildman–Crippen MR) is 74.9 cm³/mol. The number of benzene rings is 1. The summed E-state index contributed by atoms with van der Waals surface area (Å²) in [7, 11) is 0. The molecule has 4 nitrogen and oxygen atoms in total. The van der Waals surface area contributed by atoms with Crippen molar-refractivity contribution in [3.05, 3.63) is 30.3 Å². The normalized spacial score (nSPS) is 24.1. The first kappa shape index (κ1) is 13.9. The molecular weight excluding hydrogens is 240 g/mol. The van der Waals surface area contributed by atoms with Crippen molar-refractivity contribution in [3.8, 4) is 5.75 Å². The Morgan fingerprint density at radius 2 is 2.11 bits per heavy atom. The van der Waals surface area contributed by atoms with Crippen molar-refractivity contribution in [2.75, 3.05) is 19.7 Å². The van der Waals surface area contributed by atoms with Gasteiger partial charge in [0.1, 0.15) is 12.4 Å². The third-order valence-corrected chi connectivity index (χ3v) is 3.80. The zero-order chi connectivity index (χ0) is 13.7. The van der Waals surface area contributed by atoms with Crippen LogP contribution < -0.4 is 10.5 Å². The lowest BCUT2D eigenvalue weighted by molar-refractivity contribution is -0.124. The molecule has 0 spiro atoms. The maximum atomic E-state index is 11.3. The number of nitrogens with zero attached hydrogens (tertiary/aromatic N) is 1. The quantitative estimate of drug-likeness (QED) is 0.878. The van der Waals surface area contributed by atoms with Crippen molar-refractivity contribution < 1.29 is 9.53 Å². The van der Waals surface area contributed by atoms with Gasteiger partial charge in [-0.1, -0.05) is 18.2 Å². The zero-order valence-corrected chi connectivity index (χ0v) is 11.4. The van der Waals surface area contributed by atoms with E-state index in [-0.39, 0.29) is 11.8 Å². The first-order valence-corrected chi connectivity index (χ1v) is 6.88. The SMILES string of the molecule is C[C@H]1CC[C@H](C(N)=O)CN1CCOc1ccccc1. The van der Waals surface area contributed by atoms with Crippen molar-refractivity contribution in [1.29, 1.82) is 0 Å². The van der Waals surface area contributed by atoms with Gasteiger partial charge in [0.15, 0.2) is 0 Å². The number of amides is 1. The summed E-state index contributed by atoms with van der Waals surface area (Å²) in [6.07, 6.45) is 1.94. The fourth-order valence-electron chi connectivity index (χ4n) is 2.52. The number of para-hydroxylation sites is 1. The van der Waals surface area contributed by atoms with Crippen molar-refractivity contribution >= 4 is 5.91 Å². The van der Waals surface area contributed by atoms with E-state index in [2.05, 4.69) is 11.8 Å². The standard InChI is InChI=1S/C15H22N2O2/c1-12-7-8-13(15(16)18)11-17(12)9-10-19-14-5-3-2-4-6-14/h2-6,12-13H,7-11H2,1H3,(H2,16,18)/t12-,13-/m0/s1. The summed E-state index contributed by atoms with van der Waals surface area (Å²) in [6, 6.07) is 10.3. The Morgan fingerprint density at radius 1 is 1.37 bits per heavy atom. The molecular formula is C15H22N2O2. The number of nitrogens with two attached hydrogens (primary N) is 1. The van der Waals surface area contributed by atoms with Crippen LogP contribution in [0.1, 0.15) is 19.8 Å². The van der Waals surface area contributed by atoms with Gasteiger partial charge in [-0.15, -0.1) is 0 Å². The highest BCUT2D eigenvalue weighted by molar-refractivity contribution is 5.76. The molecule has 1 fully saturated rings. The summed E-state index contributed by atoms with van der Waals surface area (Å²) in [5.41, 5.74) is 5.40. The average Bonchev–Trinajstić information content (AvgIpc) is 2.42. The van der Waals surface area contributed by atoms with E-state index in [9.17, 15) is 4.79 Å². The molecule has 2 rings (SSSR count). The zero-order valence-electron chi connectivity index (χ0n) is 11.4. The maximum Gasteiger partial charge on any atom is 0.221 e. The number of hydrogen-bond donors (Lipinski definition) is 1. The molecule has 1 aliphatic rings. The summed E-state index contributed by atoms with van der Waals surface area (Å²) in [5, 5.41) is 0. The summed E-state index contributed by atoms with van der Waals surface area (Å²) < 4.78 is 5.69. The molecule has 2 atom stereocenters. The van der Waals surface area contributed by atoms with Crippen LogP contribution in [0.4, 0.5) is 0 Å². The second kappa shape index (κ2) is 6.57. The minimum Gasteiger partial charge on any atom is -0.492 e. The van der Waals surface area contributed by atoms with Crippen molar-refractivity contribution in [2.45, 2.75) is 25.8 Å². The molecule has 1 aromatic carbocycles. The monoisotopic (exact) mass is 262 g/mol. The van der Waals surface area contributed by atoms with Crippen LogP contribution in [0.2, 0.25) is 0 Å². The summed E-state index contributed by atoms with van der Waals surface area (Å²) in [4.78, 5) is 13.6. The van der Waals surface area contributed by atoms with Crippen LogP contribution in [-0.2, 0) is 4.79 Å². The third kappa shape index (κ3) is 3.96. The molecule has 2 N–H and O–H groups in total. The van der Waals surface area contributed by atoms with E-state index >= 15 is 0 Å². The minimum absolute atomic E-state index is 0.00655. The van der Waals surface area contributed by atoms with Crippen LogP contribution in [-0.4, -0.2) is 36.5 Å². The van der Waals surface area contributed by atoms with Crippen molar-refractivity contribution in [3.63, 3.8) is 0 Å². The van der Waals surface area contributed by atoms with E-state index < -0.39 is 0 Å². The van der Waals surface area contributed by atoms with Gasteiger partial charge in [0.05, 0.1) is 5.92 Å². The molecule has 0 saturated carbocycles. The van der Waals surface area contributed by atoms with Gasteiger partial charge in [0.25, 0.3) is 0 Å². The Labute approximate surface area is 114 Å². The summed E-state index contributed by atoms with van der Waals surface area (Å²) >= 11 is 0. The first-order chi connectivity index (χ1) is 9.16. The molecule has 4 heteroatoms. The van der Waals surface area contributed by atoms with E-state index in [1.165, 1.54) is 0 Å². The summed E-state index contributed by atoms with van der Waals surface area (Å²) in [5.74, 6) is 0.701. The molecule has 0 radical (unpaired) electrons. The van der Waals surface area contributed by atoms with Gasteiger partial charge < -0.3 is 10.5 Å². The molecule has 1 aliphatic heterocycles. The van der Waals surface area contributed by atoms with Crippen molar-refractivity contribution in [1.82, 2.24) is 4.90 Å². The second-order valence-electron chi connectivity index (χ2n) is 5.18. The predicted octanol–water partition coefficient (Wildman–Crippen LogP) is 1.65. The van der Waals surface area contributed by atoms with Crippen LogP contribution in [0.3, 0.4) is 0 Å². The van der Waals surface area contributed by atoms with Crippen molar-refractivity contribution in [2.24, 2.45) is 11.7 Å². The van der Waals surface area contributed by atoms with Crippen LogP contribution in [0.25, 0.3) is 0 Å². The molecule has 0 unspecified atom stereocenters. The number of likely N-dealkylation sites (tertiary alicyclic amines) is 1. The largest absolute Gasteiger partial charge is 0.492 e. The van der Waals surface area contributed by atoms with E-state index in [4.69, 9.17) is 10.5 Å². The van der Waals surface area contributed by atoms with Crippen LogP contribution in [0.15, 0.2) is 30.3 Å². The number of rotatable bonds is 5. The lowest BCUT2D eigenvalue weighted by atomic mass is 9.93. The van der Waals surface area contributed by atoms with Gasteiger partial charge in [-0.25, -0.2) is 0 Å². The molecule has 1 aromatic rings. The molecule has 19 heavy (non-hydrogen) atoms. The smallest absolute Gasteiger partial charge is 0.221 e. The second-order valence-corrected chi connectivity index (χ2v) is 5.18. The van der Waals surface area contributed by atoms with Crippen LogP contribution in [0.5, 0.6) is 5.75 Å². The lowest BCUT2D eigenvalue weighted by Crippen LogP contribution is -2.47. The Bertz CT molecular complexity index is 408. The van der Waals surface area contributed by atoms with Gasteiger partial charge >= 0.3 is 0 Å². The molecule has 1 heterocycles. The molecule has 104 valence electrons. The number of primary amides is 1. The molecule has 0 aliphatic carbocycles. The van der Waals surface area contributed by atoms with E-state index in [1.54, 1.807) is 0 Å². The van der Waals surface area contributed by atoms with Gasteiger partial charge in [0.2, 0.25) is 5.91 Å². The molecule has 1 saturated heterocycles. The number of piperidine rings is 1. The van der Waals surface area contributed by atoms with Crippen LogP contribution in [0, 0.1) is 5.92 Å². The third-order valence-electron chi connectivity index (χ3n) is 3.80. The Balaban J connectivity index is 1.79. The van der Waals surface area contributed by atoms with Crippen LogP contribution >= 0.6 is 0 Å². The molecule has 0 bridgehead atoms. The molecule has 0 aromatic heterocycles. The minimum atomic E-state index is -0.180.